The number of phenolic OH excluding ortho intramolecular Hbond substituents is 1. The van der Waals surface area contributed by atoms with Crippen molar-refractivity contribution < 1.29 is 9.90 Å². The predicted octanol–water partition coefficient (Wildman–Crippen LogP) is 2.05. The van der Waals surface area contributed by atoms with Crippen molar-refractivity contribution in [2.75, 3.05) is 5.75 Å². The van der Waals surface area contributed by atoms with E-state index in [1.807, 2.05) is 11.8 Å². The maximum Gasteiger partial charge on any atom is 0.237 e. The molecule has 2 rings (SSSR count). The van der Waals surface area contributed by atoms with Crippen LogP contribution in [0.5, 0.6) is 5.75 Å². The van der Waals surface area contributed by atoms with E-state index >= 15 is 0 Å². The van der Waals surface area contributed by atoms with Crippen LogP contribution in [0.4, 0.5) is 0 Å². The van der Waals surface area contributed by atoms with Crippen molar-refractivity contribution in [3.8, 4) is 5.75 Å². The summed E-state index contributed by atoms with van der Waals surface area (Å²) in [5.41, 5.74) is 6.96. The molecule has 2 unspecified atom stereocenters. The predicted molar refractivity (Wildman–Crippen MR) is 87.5 cm³/mol. The molecule has 0 bridgehead atoms. The lowest BCUT2D eigenvalue weighted by Crippen LogP contribution is -2.48. The van der Waals surface area contributed by atoms with Crippen LogP contribution in [0, 0.1) is 0 Å². The second kappa shape index (κ2) is 7.71. The third-order valence-electron chi connectivity index (χ3n) is 3.89. The maximum absolute atomic E-state index is 12.2. The fraction of sp³-hybridized carbons (Fsp3) is 0.562. The summed E-state index contributed by atoms with van der Waals surface area (Å²) < 4.78 is 0. The summed E-state index contributed by atoms with van der Waals surface area (Å²) in [7, 11) is 0. The van der Waals surface area contributed by atoms with Crippen LogP contribution >= 0.6 is 11.8 Å². The highest BCUT2D eigenvalue weighted by molar-refractivity contribution is 7.99. The minimum atomic E-state index is -0.539. The zero-order valence-electron chi connectivity index (χ0n) is 12.4. The quantitative estimate of drug-likeness (QED) is 0.752. The van der Waals surface area contributed by atoms with E-state index in [0.29, 0.717) is 11.7 Å². The van der Waals surface area contributed by atoms with Gasteiger partial charge in [0.1, 0.15) is 5.75 Å². The Morgan fingerprint density at radius 1 is 1.43 bits per heavy atom. The molecule has 21 heavy (non-hydrogen) atoms. The second-order valence-electron chi connectivity index (χ2n) is 5.52. The first-order chi connectivity index (χ1) is 10.1. The Balaban J connectivity index is 1.86. The minimum Gasteiger partial charge on any atom is -0.508 e. The van der Waals surface area contributed by atoms with Gasteiger partial charge < -0.3 is 16.2 Å². The third-order valence-corrected chi connectivity index (χ3v) is 5.22. The molecular weight excluding hydrogens is 284 g/mol. The molecule has 5 heteroatoms. The van der Waals surface area contributed by atoms with E-state index in [2.05, 4.69) is 12.2 Å². The number of rotatable bonds is 6. The first-order valence-electron chi connectivity index (χ1n) is 7.55. The van der Waals surface area contributed by atoms with Crippen LogP contribution in [0.2, 0.25) is 0 Å². The van der Waals surface area contributed by atoms with Gasteiger partial charge in [-0.2, -0.15) is 11.8 Å². The van der Waals surface area contributed by atoms with Crippen molar-refractivity contribution in [3.63, 3.8) is 0 Å². The van der Waals surface area contributed by atoms with Gasteiger partial charge in [0, 0.05) is 11.3 Å². The standard InChI is InChI=1S/C16H24N2O2S/c1-2-21-15-5-3-4-14(15)18-16(20)13(17)10-11-6-8-12(19)9-7-11/h6-9,13-15,19H,2-5,10,17H2,1H3,(H,18,20)/t13-,14?,15?/m0/s1. The van der Waals surface area contributed by atoms with Crippen molar-refractivity contribution in [1.82, 2.24) is 5.32 Å². The molecule has 1 saturated carbocycles. The molecule has 1 fully saturated rings. The van der Waals surface area contributed by atoms with Gasteiger partial charge in [0.15, 0.2) is 0 Å². The average Bonchev–Trinajstić information content (AvgIpc) is 2.89. The largest absolute Gasteiger partial charge is 0.508 e. The van der Waals surface area contributed by atoms with Gasteiger partial charge in [-0.05, 0) is 42.7 Å². The second-order valence-corrected chi connectivity index (χ2v) is 7.03. The van der Waals surface area contributed by atoms with Crippen LogP contribution in [0.25, 0.3) is 0 Å². The van der Waals surface area contributed by atoms with Crippen LogP contribution in [-0.2, 0) is 11.2 Å². The van der Waals surface area contributed by atoms with E-state index in [0.717, 1.165) is 17.7 Å². The number of benzene rings is 1. The molecule has 0 aliphatic heterocycles. The summed E-state index contributed by atoms with van der Waals surface area (Å²) in [6.07, 6.45) is 3.90. The summed E-state index contributed by atoms with van der Waals surface area (Å²) in [6, 6.07) is 6.55. The van der Waals surface area contributed by atoms with E-state index in [9.17, 15) is 9.90 Å². The molecule has 0 aromatic heterocycles. The smallest absolute Gasteiger partial charge is 0.237 e. The summed E-state index contributed by atoms with van der Waals surface area (Å²) in [4.78, 5) is 12.2. The maximum atomic E-state index is 12.2. The lowest BCUT2D eigenvalue weighted by molar-refractivity contribution is -0.123. The third kappa shape index (κ3) is 4.64. The number of carbonyl (C=O) groups excluding carboxylic acids is 1. The summed E-state index contributed by atoms with van der Waals surface area (Å²) >= 11 is 1.92. The number of amides is 1. The average molecular weight is 308 g/mol. The Labute approximate surface area is 130 Å². The van der Waals surface area contributed by atoms with Crippen LogP contribution in [-0.4, -0.2) is 34.1 Å². The van der Waals surface area contributed by atoms with Crippen molar-refractivity contribution in [3.05, 3.63) is 29.8 Å². The molecular formula is C16H24N2O2S. The molecule has 0 radical (unpaired) electrons. The first-order valence-corrected chi connectivity index (χ1v) is 8.60. The molecule has 1 aliphatic carbocycles. The molecule has 116 valence electrons. The van der Waals surface area contributed by atoms with E-state index in [1.54, 1.807) is 24.3 Å². The Morgan fingerprint density at radius 2 is 2.14 bits per heavy atom. The highest BCUT2D eigenvalue weighted by atomic mass is 32.2. The van der Waals surface area contributed by atoms with Gasteiger partial charge in [-0.3, -0.25) is 4.79 Å². The Bertz CT molecular complexity index is 464. The van der Waals surface area contributed by atoms with E-state index < -0.39 is 6.04 Å². The molecule has 0 saturated heterocycles. The van der Waals surface area contributed by atoms with Crippen molar-refractivity contribution in [1.29, 1.82) is 0 Å². The van der Waals surface area contributed by atoms with Crippen molar-refractivity contribution >= 4 is 17.7 Å². The molecule has 0 spiro atoms. The fourth-order valence-corrected chi connectivity index (χ4v) is 3.97. The highest BCUT2D eigenvalue weighted by Gasteiger charge is 2.29. The van der Waals surface area contributed by atoms with Crippen molar-refractivity contribution in [2.45, 2.75) is 49.9 Å². The van der Waals surface area contributed by atoms with Crippen LogP contribution in [0.3, 0.4) is 0 Å². The molecule has 3 atom stereocenters. The number of carbonyl (C=O) groups is 1. The summed E-state index contributed by atoms with van der Waals surface area (Å²) in [5, 5.41) is 12.9. The van der Waals surface area contributed by atoms with Crippen LogP contribution in [0.1, 0.15) is 31.7 Å². The number of hydrogen-bond acceptors (Lipinski definition) is 4. The lowest BCUT2D eigenvalue weighted by Gasteiger charge is -2.22. The molecule has 1 aliphatic rings. The van der Waals surface area contributed by atoms with Gasteiger partial charge in [-0.1, -0.05) is 25.5 Å². The van der Waals surface area contributed by atoms with Gasteiger partial charge in [0.25, 0.3) is 0 Å². The topological polar surface area (TPSA) is 75.4 Å². The van der Waals surface area contributed by atoms with Gasteiger partial charge in [-0.15, -0.1) is 0 Å². The number of nitrogens with two attached hydrogens (primary N) is 1. The first kappa shape index (κ1) is 16.2. The highest BCUT2D eigenvalue weighted by Crippen LogP contribution is 2.29. The zero-order valence-corrected chi connectivity index (χ0v) is 13.2. The number of hydrogen-bond donors (Lipinski definition) is 3. The minimum absolute atomic E-state index is 0.0725. The van der Waals surface area contributed by atoms with E-state index in [1.165, 1.54) is 12.8 Å². The molecule has 1 aromatic carbocycles. The van der Waals surface area contributed by atoms with Crippen LogP contribution < -0.4 is 11.1 Å². The van der Waals surface area contributed by atoms with Gasteiger partial charge >= 0.3 is 0 Å². The number of thioether (sulfide) groups is 1. The van der Waals surface area contributed by atoms with Gasteiger partial charge in [-0.25, -0.2) is 0 Å². The van der Waals surface area contributed by atoms with E-state index in [-0.39, 0.29) is 17.7 Å². The fourth-order valence-electron chi connectivity index (χ4n) is 2.77. The number of phenols is 1. The Hall–Kier alpha value is -1.20. The number of aromatic hydroxyl groups is 1. The summed E-state index contributed by atoms with van der Waals surface area (Å²) in [6.45, 7) is 2.15. The molecule has 0 heterocycles. The van der Waals surface area contributed by atoms with Gasteiger partial charge in [0.05, 0.1) is 6.04 Å². The normalized spacial score (nSPS) is 23.0. The summed E-state index contributed by atoms with van der Waals surface area (Å²) in [5.74, 6) is 1.23. The Morgan fingerprint density at radius 3 is 2.81 bits per heavy atom. The van der Waals surface area contributed by atoms with Crippen molar-refractivity contribution in [2.24, 2.45) is 5.73 Å². The van der Waals surface area contributed by atoms with Crippen LogP contribution in [0.15, 0.2) is 24.3 Å². The number of nitrogens with one attached hydrogen (secondary N) is 1. The molecule has 1 amide bonds. The van der Waals surface area contributed by atoms with E-state index in [4.69, 9.17) is 5.73 Å². The Kier molecular flexibility index (Phi) is 5.94. The lowest BCUT2D eigenvalue weighted by atomic mass is 10.1. The molecule has 4 N–H and O–H groups in total. The van der Waals surface area contributed by atoms with Gasteiger partial charge in [0.2, 0.25) is 5.91 Å². The molecule has 4 nitrogen and oxygen atoms in total. The zero-order chi connectivity index (χ0) is 15.2. The SMILES string of the molecule is CCSC1CCCC1NC(=O)[C@@H](N)Cc1ccc(O)cc1. The molecule has 1 aromatic rings. The monoisotopic (exact) mass is 308 g/mol.